The summed E-state index contributed by atoms with van der Waals surface area (Å²) in [5, 5.41) is 0. The predicted molar refractivity (Wildman–Crippen MR) is 83.9 cm³/mol. The molecule has 0 aliphatic rings. The normalized spacial score (nSPS) is 11.4. The van der Waals surface area contributed by atoms with Crippen molar-refractivity contribution in [2.75, 3.05) is 18.8 Å². The molecule has 2 rings (SSSR count). The summed E-state index contributed by atoms with van der Waals surface area (Å²) < 4.78 is 33.3. The standard InChI is InChI=1S/C15H18N2O3S/c1-12-8-4-6-10-14(12)20-15-11-7-5-9-13(15)16-21(18,19)17(2)3/h4-11,16H,1-3H3. The average Bonchev–Trinajstić information content (AvgIpc) is 2.43. The molecule has 0 saturated heterocycles. The first-order valence-corrected chi connectivity index (χ1v) is 7.87. The lowest BCUT2D eigenvalue weighted by molar-refractivity contribution is 0.480. The molecule has 0 aromatic heterocycles. The highest BCUT2D eigenvalue weighted by atomic mass is 32.2. The highest BCUT2D eigenvalue weighted by Crippen LogP contribution is 2.31. The number of para-hydroxylation sites is 3. The van der Waals surface area contributed by atoms with Crippen LogP contribution in [-0.2, 0) is 10.2 Å². The van der Waals surface area contributed by atoms with Crippen molar-refractivity contribution in [2.45, 2.75) is 6.92 Å². The Morgan fingerprint density at radius 3 is 2.14 bits per heavy atom. The Morgan fingerprint density at radius 1 is 0.952 bits per heavy atom. The van der Waals surface area contributed by atoms with E-state index in [9.17, 15) is 8.42 Å². The minimum atomic E-state index is -3.57. The van der Waals surface area contributed by atoms with Crippen LogP contribution in [0.5, 0.6) is 11.5 Å². The van der Waals surface area contributed by atoms with E-state index in [1.165, 1.54) is 14.1 Å². The number of aryl methyl sites for hydroxylation is 1. The van der Waals surface area contributed by atoms with Gasteiger partial charge in [0.15, 0.2) is 5.75 Å². The van der Waals surface area contributed by atoms with Gasteiger partial charge in [0.2, 0.25) is 0 Å². The van der Waals surface area contributed by atoms with Gasteiger partial charge in [-0.1, -0.05) is 30.3 Å². The molecule has 0 amide bonds. The number of nitrogens with zero attached hydrogens (tertiary/aromatic N) is 1. The number of hydrogen-bond donors (Lipinski definition) is 1. The Balaban J connectivity index is 2.32. The third-order valence-electron chi connectivity index (χ3n) is 2.92. The van der Waals surface area contributed by atoms with Crippen molar-refractivity contribution in [3.8, 4) is 11.5 Å². The van der Waals surface area contributed by atoms with Gasteiger partial charge in [-0.2, -0.15) is 12.7 Å². The van der Waals surface area contributed by atoms with Gasteiger partial charge in [-0.15, -0.1) is 0 Å². The minimum absolute atomic E-state index is 0.398. The highest BCUT2D eigenvalue weighted by molar-refractivity contribution is 7.90. The van der Waals surface area contributed by atoms with Gasteiger partial charge in [0.25, 0.3) is 0 Å². The minimum Gasteiger partial charge on any atom is -0.455 e. The molecule has 0 heterocycles. The maximum Gasteiger partial charge on any atom is 0.301 e. The molecule has 0 radical (unpaired) electrons. The molecular weight excluding hydrogens is 288 g/mol. The van der Waals surface area contributed by atoms with Crippen molar-refractivity contribution in [3.05, 3.63) is 54.1 Å². The largest absolute Gasteiger partial charge is 0.455 e. The van der Waals surface area contributed by atoms with Crippen LogP contribution in [0.2, 0.25) is 0 Å². The molecule has 0 saturated carbocycles. The fourth-order valence-corrected chi connectivity index (χ4v) is 2.29. The number of rotatable bonds is 5. The second-order valence-electron chi connectivity index (χ2n) is 4.75. The summed E-state index contributed by atoms with van der Waals surface area (Å²) in [5.74, 6) is 1.14. The Labute approximate surface area is 125 Å². The summed E-state index contributed by atoms with van der Waals surface area (Å²) >= 11 is 0. The molecule has 0 bridgehead atoms. The highest BCUT2D eigenvalue weighted by Gasteiger charge is 2.16. The molecule has 112 valence electrons. The van der Waals surface area contributed by atoms with Gasteiger partial charge in [-0.05, 0) is 30.7 Å². The third-order valence-corrected chi connectivity index (χ3v) is 4.36. The maximum absolute atomic E-state index is 11.9. The quantitative estimate of drug-likeness (QED) is 0.924. The lowest BCUT2D eigenvalue weighted by Gasteiger charge is -2.17. The number of ether oxygens (including phenoxy) is 1. The van der Waals surface area contributed by atoms with Crippen LogP contribution in [0.4, 0.5) is 5.69 Å². The van der Waals surface area contributed by atoms with E-state index in [0.717, 1.165) is 9.87 Å². The van der Waals surface area contributed by atoms with Crippen LogP contribution >= 0.6 is 0 Å². The molecule has 2 aromatic carbocycles. The van der Waals surface area contributed by atoms with Crippen molar-refractivity contribution < 1.29 is 13.2 Å². The molecule has 1 N–H and O–H groups in total. The summed E-state index contributed by atoms with van der Waals surface area (Å²) in [7, 11) is -0.642. The van der Waals surface area contributed by atoms with Crippen LogP contribution in [0.25, 0.3) is 0 Å². The average molecular weight is 306 g/mol. The van der Waals surface area contributed by atoms with Crippen molar-refractivity contribution in [1.82, 2.24) is 4.31 Å². The summed E-state index contributed by atoms with van der Waals surface area (Å²) in [6, 6.07) is 14.5. The lowest BCUT2D eigenvalue weighted by Crippen LogP contribution is -2.29. The van der Waals surface area contributed by atoms with Crippen molar-refractivity contribution in [1.29, 1.82) is 0 Å². The Morgan fingerprint density at radius 2 is 1.52 bits per heavy atom. The van der Waals surface area contributed by atoms with E-state index in [2.05, 4.69) is 4.72 Å². The molecule has 0 aliphatic heterocycles. The summed E-state index contributed by atoms with van der Waals surface area (Å²) in [5.41, 5.74) is 1.37. The summed E-state index contributed by atoms with van der Waals surface area (Å²) in [4.78, 5) is 0. The van der Waals surface area contributed by atoms with E-state index in [0.29, 0.717) is 17.2 Å². The van der Waals surface area contributed by atoms with Crippen LogP contribution < -0.4 is 9.46 Å². The molecule has 2 aromatic rings. The monoisotopic (exact) mass is 306 g/mol. The zero-order chi connectivity index (χ0) is 15.5. The first-order chi connectivity index (χ1) is 9.90. The fourth-order valence-electron chi connectivity index (χ4n) is 1.66. The Hall–Kier alpha value is -2.05. The van der Waals surface area contributed by atoms with E-state index in [-0.39, 0.29) is 0 Å². The van der Waals surface area contributed by atoms with Gasteiger partial charge in [-0.3, -0.25) is 4.72 Å². The van der Waals surface area contributed by atoms with E-state index < -0.39 is 10.2 Å². The van der Waals surface area contributed by atoms with Gasteiger partial charge in [0.1, 0.15) is 5.75 Å². The molecule has 6 heteroatoms. The van der Waals surface area contributed by atoms with Gasteiger partial charge in [-0.25, -0.2) is 0 Å². The number of hydrogen-bond acceptors (Lipinski definition) is 3. The maximum atomic E-state index is 11.9. The van der Waals surface area contributed by atoms with Crippen LogP contribution in [0.3, 0.4) is 0 Å². The van der Waals surface area contributed by atoms with Gasteiger partial charge in [0.05, 0.1) is 5.69 Å². The van der Waals surface area contributed by atoms with Gasteiger partial charge in [0, 0.05) is 14.1 Å². The summed E-state index contributed by atoms with van der Waals surface area (Å²) in [6.07, 6.45) is 0. The van der Waals surface area contributed by atoms with Gasteiger partial charge < -0.3 is 4.74 Å². The zero-order valence-electron chi connectivity index (χ0n) is 12.2. The van der Waals surface area contributed by atoms with Crippen LogP contribution in [0.1, 0.15) is 5.56 Å². The van der Waals surface area contributed by atoms with Crippen molar-refractivity contribution in [2.24, 2.45) is 0 Å². The van der Waals surface area contributed by atoms with E-state index >= 15 is 0 Å². The smallest absolute Gasteiger partial charge is 0.301 e. The summed E-state index contributed by atoms with van der Waals surface area (Å²) in [6.45, 7) is 1.93. The second kappa shape index (κ2) is 6.15. The number of anilines is 1. The van der Waals surface area contributed by atoms with Crippen LogP contribution in [0.15, 0.2) is 48.5 Å². The van der Waals surface area contributed by atoms with Gasteiger partial charge >= 0.3 is 10.2 Å². The zero-order valence-corrected chi connectivity index (χ0v) is 13.0. The third kappa shape index (κ3) is 3.74. The van der Waals surface area contributed by atoms with Crippen LogP contribution in [-0.4, -0.2) is 26.8 Å². The molecule has 0 aliphatic carbocycles. The molecular formula is C15H18N2O3S. The Bertz CT molecular complexity index is 727. The van der Waals surface area contributed by atoms with Crippen LogP contribution in [0, 0.1) is 6.92 Å². The predicted octanol–water partition coefficient (Wildman–Crippen LogP) is 3.01. The molecule has 0 fully saturated rings. The Kier molecular flexibility index (Phi) is 4.50. The number of benzene rings is 2. The van der Waals surface area contributed by atoms with E-state index in [4.69, 9.17) is 4.74 Å². The fraction of sp³-hybridized carbons (Fsp3) is 0.200. The SMILES string of the molecule is Cc1ccccc1Oc1ccccc1NS(=O)(=O)N(C)C. The molecule has 0 unspecified atom stereocenters. The van der Waals surface area contributed by atoms with Crippen molar-refractivity contribution in [3.63, 3.8) is 0 Å². The van der Waals surface area contributed by atoms with E-state index in [1.54, 1.807) is 24.3 Å². The molecule has 0 spiro atoms. The molecule has 5 nitrogen and oxygen atoms in total. The van der Waals surface area contributed by atoms with Crippen molar-refractivity contribution >= 4 is 15.9 Å². The van der Waals surface area contributed by atoms with E-state index in [1.807, 2.05) is 31.2 Å². The topological polar surface area (TPSA) is 58.6 Å². The second-order valence-corrected chi connectivity index (χ2v) is 6.64. The first-order valence-electron chi connectivity index (χ1n) is 6.43. The number of nitrogens with one attached hydrogen (secondary N) is 1. The molecule has 0 atom stereocenters. The lowest BCUT2D eigenvalue weighted by atomic mass is 10.2. The molecule has 21 heavy (non-hydrogen) atoms. The first kappa shape index (κ1) is 15.3.